The van der Waals surface area contributed by atoms with E-state index in [1.807, 2.05) is 6.92 Å². The van der Waals surface area contributed by atoms with Gasteiger partial charge in [0.05, 0.1) is 30.8 Å². The summed E-state index contributed by atoms with van der Waals surface area (Å²) < 4.78 is 5.22. The van der Waals surface area contributed by atoms with Crippen molar-refractivity contribution in [3.05, 3.63) is 70.3 Å². The highest BCUT2D eigenvalue weighted by Crippen LogP contribution is 2.34. The van der Waals surface area contributed by atoms with Gasteiger partial charge in [-0.1, -0.05) is 53.6 Å². The summed E-state index contributed by atoms with van der Waals surface area (Å²) in [7, 11) is 0. The minimum atomic E-state index is -0.165. The van der Waals surface area contributed by atoms with E-state index in [9.17, 15) is 9.59 Å². The molecule has 2 atom stereocenters. The predicted molar refractivity (Wildman–Crippen MR) is 134 cm³/mol. The Bertz CT molecular complexity index is 1080. The van der Waals surface area contributed by atoms with Crippen molar-refractivity contribution < 1.29 is 14.3 Å². The normalized spacial score (nSPS) is 20.8. The van der Waals surface area contributed by atoms with Crippen LogP contribution < -0.4 is 0 Å². The number of piperidine rings is 1. The highest BCUT2D eigenvalue weighted by molar-refractivity contribution is 6.04. The summed E-state index contributed by atoms with van der Waals surface area (Å²) in [5, 5.41) is 6.53. The first kappa shape index (κ1) is 24.1. The summed E-state index contributed by atoms with van der Waals surface area (Å²) in [6.45, 7) is 10.1. The number of benzene rings is 2. The Morgan fingerprint density at radius 1 is 1.06 bits per heavy atom. The zero-order valence-corrected chi connectivity index (χ0v) is 20.7. The minimum Gasteiger partial charge on any atom is -0.466 e. The average molecular weight is 462 g/mol. The Hall–Kier alpha value is -2.99. The average Bonchev–Trinajstić information content (AvgIpc) is 3.25. The molecular formula is C28H35N3O3. The van der Waals surface area contributed by atoms with Gasteiger partial charge in [0.1, 0.15) is 0 Å². The Balaban J connectivity index is 1.56. The van der Waals surface area contributed by atoms with E-state index in [-0.39, 0.29) is 30.4 Å². The van der Waals surface area contributed by atoms with Gasteiger partial charge in [-0.3, -0.25) is 14.5 Å². The molecule has 2 heterocycles. The summed E-state index contributed by atoms with van der Waals surface area (Å²) in [5.41, 5.74) is 6.70. The number of hydrogen-bond donors (Lipinski definition) is 0. The number of hydrogen-bond acceptors (Lipinski definition) is 5. The number of esters is 1. The van der Waals surface area contributed by atoms with Crippen molar-refractivity contribution in [2.45, 2.75) is 53.0 Å². The predicted octanol–water partition coefficient (Wildman–Crippen LogP) is 4.56. The number of hydrazone groups is 1. The van der Waals surface area contributed by atoms with Crippen molar-refractivity contribution in [3.63, 3.8) is 0 Å². The third-order valence-electron chi connectivity index (χ3n) is 6.81. The van der Waals surface area contributed by atoms with Crippen LogP contribution in [0.2, 0.25) is 0 Å². The number of ether oxygens (including phenoxy) is 1. The van der Waals surface area contributed by atoms with Crippen molar-refractivity contribution in [2.24, 2.45) is 11.0 Å². The molecule has 1 fully saturated rings. The van der Waals surface area contributed by atoms with Gasteiger partial charge in [-0.05, 0) is 58.2 Å². The molecule has 180 valence electrons. The molecule has 0 bridgehead atoms. The summed E-state index contributed by atoms with van der Waals surface area (Å²) in [6, 6.07) is 14.6. The van der Waals surface area contributed by atoms with Gasteiger partial charge in [0.25, 0.3) is 5.91 Å². The van der Waals surface area contributed by atoms with Gasteiger partial charge in [-0.2, -0.15) is 5.10 Å². The Labute approximate surface area is 202 Å². The molecule has 2 aliphatic heterocycles. The molecule has 0 spiro atoms. The topological polar surface area (TPSA) is 62.2 Å². The van der Waals surface area contributed by atoms with Gasteiger partial charge >= 0.3 is 5.97 Å². The highest BCUT2D eigenvalue weighted by atomic mass is 16.5. The van der Waals surface area contributed by atoms with Crippen LogP contribution in [0.5, 0.6) is 0 Å². The molecular weight excluding hydrogens is 426 g/mol. The standard InChI is InChI=1S/C28H35N3O3/c1-5-34-28(33)23-7-6-14-30(17-23)18-27(32)31-26(22-11-8-19(2)9-12-22)16-25(29-31)24-13-10-20(3)15-21(24)4/h8-13,15,23,26H,5-7,14,16-18H2,1-4H3/t23-,26-/m0/s1. The lowest BCUT2D eigenvalue weighted by Gasteiger charge is -2.32. The molecule has 0 aromatic heterocycles. The van der Waals surface area contributed by atoms with Crippen LogP contribution in [0.1, 0.15) is 60.0 Å². The molecule has 0 saturated carbocycles. The van der Waals surface area contributed by atoms with Crippen LogP contribution in [0, 0.1) is 26.7 Å². The number of carbonyl (C=O) groups is 2. The second-order valence-electron chi connectivity index (χ2n) is 9.56. The maximum atomic E-state index is 13.5. The van der Waals surface area contributed by atoms with Gasteiger partial charge < -0.3 is 4.74 Å². The van der Waals surface area contributed by atoms with Crippen molar-refractivity contribution in [1.29, 1.82) is 0 Å². The lowest BCUT2D eigenvalue weighted by molar-refractivity contribution is -0.150. The smallest absolute Gasteiger partial charge is 0.310 e. The number of amides is 1. The fraction of sp³-hybridized carbons (Fsp3) is 0.464. The molecule has 2 aliphatic rings. The number of rotatable bonds is 6. The molecule has 2 aromatic rings. The number of nitrogens with zero attached hydrogens (tertiary/aromatic N) is 3. The molecule has 1 amide bonds. The SMILES string of the molecule is CCOC(=O)[C@H]1CCCN(CC(=O)N2N=C(c3ccc(C)cc3C)C[C@H]2c2ccc(C)cc2)C1. The first-order valence-electron chi connectivity index (χ1n) is 12.3. The van der Waals surface area contributed by atoms with E-state index in [1.165, 1.54) is 16.7 Å². The second kappa shape index (κ2) is 10.5. The van der Waals surface area contributed by atoms with Crippen molar-refractivity contribution >= 4 is 17.6 Å². The molecule has 0 unspecified atom stereocenters. The van der Waals surface area contributed by atoms with Crippen LogP contribution in [0.4, 0.5) is 0 Å². The lowest BCUT2D eigenvalue weighted by atomic mass is 9.95. The van der Waals surface area contributed by atoms with E-state index in [2.05, 4.69) is 68.1 Å². The highest BCUT2D eigenvalue weighted by Gasteiger charge is 2.35. The molecule has 6 heteroatoms. The molecule has 34 heavy (non-hydrogen) atoms. The lowest BCUT2D eigenvalue weighted by Crippen LogP contribution is -2.44. The molecule has 0 aliphatic carbocycles. The molecule has 0 radical (unpaired) electrons. The number of likely N-dealkylation sites (tertiary alicyclic amines) is 1. The Morgan fingerprint density at radius 2 is 1.79 bits per heavy atom. The van der Waals surface area contributed by atoms with Gasteiger partial charge in [-0.25, -0.2) is 5.01 Å². The second-order valence-corrected chi connectivity index (χ2v) is 9.56. The van der Waals surface area contributed by atoms with Gasteiger partial charge in [0, 0.05) is 18.5 Å². The van der Waals surface area contributed by atoms with Crippen molar-refractivity contribution in [1.82, 2.24) is 9.91 Å². The Kier molecular flexibility index (Phi) is 7.47. The zero-order valence-electron chi connectivity index (χ0n) is 20.7. The summed E-state index contributed by atoms with van der Waals surface area (Å²) in [4.78, 5) is 27.9. The van der Waals surface area contributed by atoms with Crippen molar-refractivity contribution in [3.8, 4) is 0 Å². The van der Waals surface area contributed by atoms with E-state index in [1.54, 1.807) is 5.01 Å². The minimum absolute atomic E-state index is 0.0325. The molecule has 2 aromatic carbocycles. The first-order valence-corrected chi connectivity index (χ1v) is 12.3. The third kappa shape index (κ3) is 5.39. The fourth-order valence-corrected chi connectivity index (χ4v) is 5.00. The molecule has 6 nitrogen and oxygen atoms in total. The number of aryl methyl sites for hydroxylation is 3. The first-order chi connectivity index (χ1) is 16.4. The largest absolute Gasteiger partial charge is 0.466 e. The van der Waals surface area contributed by atoms with Gasteiger partial charge in [0.15, 0.2) is 0 Å². The van der Waals surface area contributed by atoms with Gasteiger partial charge in [-0.15, -0.1) is 0 Å². The Morgan fingerprint density at radius 3 is 2.50 bits per heavy atom. The molecule has 1 saturated heterocycles. The van der Waals surface area contributed by atoms with E-state index in [4.69, 9.17) is 9.84 Å². The van der Waals surface area contributed by atoms with E-state index in [0.29, 0.717) is 19.6 Å². The van der Waals surface area contributed by atoms with Crippen molar-refractivity contribution in [2.75, 3.05) is 26.2 Å². The van der Waals surface area contributed by atoms with Crippen LogP contribution in [-0.4, -0.2) is 53.7 Å². The quantitative estimate of drug-likeness (QED) is 0.592. The van der Waals surface area contributed by atoms with Crippen LogP contribution >= 0.6 is 0 Å². The van der Waals surface area contributed by atoms with Gasteiger partial charge in [0.2, 0.25) is 0 Å². The summed E-state index contributed by atoms with van der Waals surface area (Å²) >= 11 is 0. The van der Waals surface area contributed by atoms with E-state index < -0.39 is 0 Å². The maximum Gasteiger partial charge on any atom is 0.310 e. The maximum absolute atomic E-state index is 13.5. The van der Waals surface area contributed by atoms with E-state index in [0.717, 1.165) is 36.2 Å². The monoisotopic (exact) mass is 461 g/mol. The fourth-order valence-electron chi connectivity index (χ4n) is 5.00. The van der Waals surface area contributed by atoms with Crippen LogP contribution in [0.25, 0.3) is 0 Å². The summed E-state index contributed by atoms with van der Waals surface area (Å²) in [5.74, 6) is -0.356. The molecule has 0 N–H and O–H groups in total. The third-order valence-corrected chi connectivity index (χ3v) is 6.81. The summed E-state index contributed by atoms with van der Waals surface area (Å²) in [6.07, 6.45) is 2.38. The molecule has 4 rings (SSSR count). The van der Waals surface area contributed by atoms with Crippen LogP contribution in [-0.2, 0) is 14.3 Å². The van der Waals surface area contributed by atoms with E-state index >= 15 is 0 Å². The number of carbonyl (C=O) groups excluding carboxylic acids is 2. The van der Waals surface area contributed by atoms with Crippen LogP contribution in [0.3, 0.4) is 0 Å². The zero-order chi connectivity index (χ0) is 24.2. The van der Waals surface area contributed by atoms with Crippen LogP contribution in [0.15, 0.2) is 47.6 Å².